The van der Waals surface area contributed by atoms with Gasteiger partial charge >= 0.3 is 0 Å². The third kappa shape index (κ3) is 5.54. The van der Waals surface area contributed by atoms with E-state index in [2.05, 4.69) is 15.4 Å². The topological polar surface area (TPSA) is 103 Å². The summed E-state index contributed by atoms with van der Waals surface area (Å²) in [5, 5.41) is 7.52. The number of sulfone groups is 1. The summed E-state index contributed by atoms with van der Waals surface area (Å²) in [6.45, 7) is 6.15. The van der Waals surface area contributed by atoms with Crippen molar-refractivity contribution >= 4 is 32.5 Å². The molecule has 8 nitrogen and oxygen atoms in total. The predicted molar refractivity (Wildman–Crippen MR) is 136 cm³/mol. The summed E-state index contributed by atoms with van der Waals surface area (Å²) < 4.78 is 46.3. The number of hydrogen-bond acceptors (Lipinski definition) is 6. The van der Waals surface area contributed by atoms with E-state index in [1.165, 1.54) is 30.5 Å². The molecule has 0 unspecified atom stereocenters. The fourth-order valence-electron chi connectivity index (χ4n) is 3.87. The van der Waals surface area contributed by atoms with Crippen molar-refractivity contribution in [1.82, 2.24) is 14.8 Å². The Morgan fingerprint density at radius 1 is 1.11 bits per heavy atom. The van der Waals surface area contributed by atoms with Gasteiger partial charge in [0.25, 0.3) is 0 Å². The molecule has 36 heavy (non-hydrogen) atoms. The molecule has 0 atom stereocenters. The number of pyridine rings is 1. The molecule has 2 aromatic heterocycles. The quantitative estimate of drug-likeness (QED) is 0.400. The molecule has 10 heteroatoms. The number of anilines is 1. The molecule has 4 aromatic rings. The van der Waals surface area contributed by atoms with Gasteiger partial charge in [-0.1, -0.05) is 26.8 Å². The zero-order chi connectivity index (χ0) is 26.3. The van der Waals surface area contributed by atoms with Crippen LogP contribution in [0.25, 0.3) is 10.9 Å². The van der Waals surface area contributed by atoms with E-state index in [1.807, 2.05) is 27.8 Å². The van der Waals surface area contributed by atoms with Crippen LogP contribution >= 0.6 is 0 Å². The van der Waals surface area contributed by atoms with Crippen LogP contribution in [0, 0.1) is 5.82 Å². The smallest absolute Gasteiger partial charge is 0.230 e. The second-order valence-corrected chi connectivity index (χ2v) is 11.6. The largest absolute Gasteiger partial charge is 0.456 e. The van der Waals surface area contributed by atoms with E-state index < -0.39 is 21.6 Å². The summed E-state index contributed by atoms with van der Waals surface area (Å²) in [6.07, 6.45) is 2.46. The number of nitrogens with one attached hydrogen (secondary N) is 1. The molecule has 4 rings (SSSR count). The summed E-state index contributed by atoms with van der Waals surface area (Å²) in [5.74, 6) is -0.0525. The Morgan fingerprint density at radius 3 is 2.50 bits per heavy atom. The van der Waals surface area contributed by atoms with E-state index in [-0.39, 0.29) is 28.0 Å². The maximum atomic E-state index is 14.8. The van der Waals surface area contributed by atoms with Crippen molar-refractivity contribution in [3.8, 4) is 11.5 Å². The number of carbonyl (C=O) groups excluding carboxylic acids is 1. The Bertz CT molecular complexity index is 1570. The lowest BCUT2D eigenvalue weighted by molar-refractivity contribution is -0.115. The number of aryl methyl sites for hydroxylation is 1. The number of rotatable bonds is 6. The van der Waals surface area contributed by atoms with Gasteiger partial charge in [0.1, 0.15) is 17.3 Å². The molecule has 2 aromatic carbocycles. The average Bonchev–Trinajstić information content (AvgIpc) is 3.15. The summed E-state index contributed by atoms with van der Waals surface area (Å²) in [5.41, 5.74) is 1.56. The van der Waals surface area contributed by atoms with Crippen LogP contribution in [0.1, 0.15) is 32.0 Å². The van der Waals surface area contributed by atoms with Crippen molar-refractivity contribution < 1.29 is 22.3 Å². The third-order valence-electron chi connectivity index (χ3n) is 5.62. The molecule has 2 heterocycles. The number of amides is 1. The molecule has 0 bridgehead atoms. The van der Waals surface area contributed by atoms with Gasteiger partial charge in [-0.15, -0.1) is 0 Å². The van der Waals surface area contributed by atoms with E-state index in [0.29, 0.717) is 22.5 Å². The molecule has 188 valence electrons. The number of ether oxygens (including phenoxy) is 1. The molecule has 0 spiro atoms. The van der Waals surface area contributed by atoms with Crippen molar-refractivity contribution in [2.75, 3.05) is 11.6 Å². The first-order valence-electron chi connectivity index (χ1n) is 11.2. The highest BCUT2D eigenvalue weighted by molar-refractivity contribution is 7.90. The van der Waals surface area contributed by atoms with E-state index >= 15 is 0 Å². The second kappa shape index (κ2) is 9.34. The van der Waals surface area contributed by atoms with Gasteiger partial charge in [-0.3, -0.25) is 14.5 Å². The Labute approximate surface area is 209 Å². The van der Waals surface area contributed by atoms with Crippen molar-refractivity contribution in [2.45, 2.75) is 37.5 Å². The van der Waals surface area contributed by atoms with Crippen molar-refractivity contribution in [2.24, 2.45) is 7.05 Å². The minimum atomic E-state index is -3.43. The molecular formula is C26H27FN4O4S. The zero-order valence-corrected chi connectivity index (χ0v) is 21.5. The van der Waals surface area contributed by atoms with E-state index in [0.717, 1.165) is 11.9 Å². The predicted octanol–water partition coefficient (Wildman–Crippen LogP) is 4.78. The SMILES string of the molecule is Cn1nc(NC(=O)Cc2ccc(Oc3ccnc4ccc(S(C)(=O)=O)cc34)cc2F)cc1C(C)(C)C. The standard InChI is InChI=1S/C26H27FN4O4S/c1-26(2,3)23-15-24(30-31(23)4)29-25(32)12-16-6-7-17(13-20(16)27)35-22-10-11-28-21-9-8-18(14-19(21)22)36(5,33)34/h6-11,13-15H,12H2,1-5H3,(H,29,30,32). The number of fused-ring (bicyclic) bond motifs is 1. The van der Waals surface area contributed by atoms with Gasteiger partial charge in [0.15, 0.2) is 15.7 Å². The van der Waals surface area contributed by atoms with Crippen LogP contribution in [0.5, 0.6) is 11.5 Å². The van der Waals surface area contributed by atoms with Crippen molar-refractivity contribution in [1.29, 1.82) is 0 Å². The Morgan fingerprint density at radius 2 is 1.86 bits per heavy atom. The number of benzene rings is 2. The minimum absolute atomic E-state index is 0.128. The lowest BCUT2D eigenvalue weighted by Gasteiger charge is -2.17. The van der Waals surface area contributed by atoms with Crippen LogP contribution in [-0.2, 0) is 33.5 Å². The first-order valence-corrected chi connectivity index (χ1v) is 13.1. The van der Waals surface area contributed by atoms with Gasteiger partial charge in [0.2, 0.25) is 5.91 Å². The summed E-state index contributed by atoms with van der Waals surface area (Å²) in [6, 6.07) is 12.1. The number of aromatic nitrogens is 3. The lowest BCUT2D eigenvalue weighted by atomic mass is 9.92. The molecule has 0 aliphatic heterocycles. The first-order chi connectivity index (χ1) is 16.8. The molecule has 0 fully saturated rings. The number of nitrogens with zero attached hydrogens (tertiary/aromatic N) is 3. The normalized spacial score (nSPS) is 12.1. The average molecular weight is 511 g/mol. The molecule has 0 saturated heterocycles. The van der Waals surface area contributed by atoms with E-state index in [1.54, 1.807) is 28.9 Å². The fraction of sp³-hybridized carbons (Fsp3) is 0.269. The van der Waals surface area contributed by atoms with Crippen LogP contribution in [-0.4, -0.2) is 35.3 Å². The van der Waals surface area contributed by atoms with Crippen LogP contribution in [0.3, 0.4) is 0 Å². The van der Waals surface area contributed by atoms with Gasteiger partial charge < -0.3 is 10.1 Å². The Balaban J connectivity index is 1.51. The first kappa shape index (κ1) is 25.3. The Kier molecular flexibility index (Phi) is 6.57. The van der Waals surface area contributed by atoms with Gasteiger partial charge in [-0.2, -0.15) is 5.10 Å². The molecule has 1 N–H and O–H groups in total. The van der Waals surface area contributed by atoms with Crippen LogP contribution in [0.2, 0.25) is 0 Å². The minimum Gasteiger partial charge on any atom is -0.456 e. The van der Waals surface area contributed by atoms with Gasteiger partial charge in [-0.25, -0.2) is 12.8 Å². The lowest BCUT2D eigenvalue weighted by Crippen LogP contribution is -2.16. The Hall–Kier alpha value is -3.79. The highest BCUT2D eigenvalue weighted by Gasteiger charge is 2.20. The molecular weight excluding hydrogens is 483 g/mol. The van der Waals surface area contributed by atoms with Crippen molar-refractivity contribution in [3.05, 3.63) is 71.8 Å². The molecule has 0 aliphatic carbocycles. The third-order valence-corrected chi connectivity index (χ3v) is 6.73. The highest BCUT2D eigenvalue weighted by atomic mass is 32.2. The highest BCUT2D eigenvalue weighted by Crippen LogP contribution is 2.31. The molecule has 0 saturated carbocycles. The molecule has 0 radical (unpaired) electrons. The monoisotopic (exact) mass is 510 g/mol. The van der Waals surface area contributed by atoms with Crippen LogP contribution < -0.4 is 10.1 Å². The van der Waals surface area contributed by atoms with E-state index in [4.69, 9.17) is 4.74 Å². The fourth-order valence-corrected chi connectivity index (χ4v) is 4.52. The number of hydrogen-bond donors (Lipinski definition) is 1. The number of halogens is 1. The maximum Gasteiger partial charge on any atom is 0.230 e. The summed E-state index contributed by atoms with van der Waals surface area (Å²) in [7, 11) is -1.62. The van der Waals surface area contributed by atoms with Crippen LogP contribution in [0.15, 0.2) is 59.6 Å². The summed E-state index contributed by atoms with van der Waals surface area (Å²) >= 11 is 0. The van der Waals surface area contributed by atoms with Gasteiger partial charge in [0.05, 0.1) is 16.8 Å². The van der Waals surface area contributed by atoms with Gasteiger partial charge in [-0.05, 0) is 35.9 Å². The maximum absolute atomic E-state index is 14.8. The molecule has 1 amide bonds. The van der Waals surface area contributed by atoms with E-state index in [9.17, 15) is 17.6 Å². The van der Waals surface area contributed by atoms with Gasteiger partial charge in [0, 0.05) is 48.1 Å². The second-order valence-electron chi connectivity index (χ2n) is 9.63. The summed E-state index contributed by atoms with van der Waals surface area (Å²) in [4.78, 5) is 16.9. The zero-order valence-electron chi connectivity index (χ0n) is 20.7. The van der Waals surface area contributed by atoms with Crippen molar-refractivity contribution in [3.63, 3.8) is 0 Å². The number of carbonyl (C=O) groups is 1. The van der Waals surface area contributed by atoms with Crippen LogP contribution in [0.4, 0.5) is 10.2 Å². The molecule has 0 aliphatic rings.